The van der Waals surface area contributed by atoms with E-state index in [1.807, 2.05) is 31.3 Å². The van der Waals surface area contributed by atoms with Crippen molar-refractivity contribution in [3.8, 4) is 0 Å². The topological polar surface area (TPSA) is 12.0 Å². The Hall–Kier alpha value is -1.19. The Labute approximate surface area is 122 Å². The van der Waals surface area contributed by atoms with Crippen LogP contribution in [0.5, 0.6) is 0 Å². The minimum Gasteiger partial charge on any atom is -0.316 e. The average molecular weight is 322 g/mol. The fraction of sp³-hybridized carbons (Fsp3) is 0.250. The highest BCUT2D eigenvalue weighted by molar-refractivity contribution is 9.10. The predicted molar refractivity (Wildman–Crippen MR) is 80.8 cm³/mol. The van der Waals surface area contributed by atoms with Crippen molar-refractivity contribution in [3.63, 3.8) is 0 Å². The molecule has 100 valence electrons. The molecule has 0 spiro atoms. The van der Waals surface area contributed by atoms with E-state index in [4.69, 9.17) is 0 Å². The van der Waals surface area contributed by atoms with Gasteiger partial charge in [-0.2, -0.15) is 0 Å². The van der Waals surface area contributed by atoms with E-state index >= 15 is 0 Å². The minimum absolute atomic E-state index is 0.195. The van der Waals surface area contributed by atoms with E-state index in [0.717, 1.165) is 22.9 Å². The number of hydrogen-bond donors (Lipinski definition) is 1. The second kappa shape index (κ2) is 6.83. The molecule has 0 bridgehead atoms. The van der Waals surface area contributed by atoms with Gasteiger partial charge in [0, 0.05) is 10.5 Å². The van der Waals surface area contributed by atoms with E-state index < -0.39 is 0 Å². The molecule has 1 N–H and O–H groups in total. The summed E-state index contributed by atoms with van der Waals surface area (Å²) in [5, 5.41) is 3.30. The van der Waals surface area contributed by atoms with Gasteiger partial charge in [0.2, 0.25) is 0 Å². The number of hydrogen-bond acceptors (Lipinski definition) is 1. The van der Waals surface area contributed by atoms with Crippen molar-refractivity contribution in [2.45, 2.75) is 18.9 Å². The number of nitrogens with one attached hydrogen (secondary N) is 1. The molecule has 0 amide bonds. The van der Waals surface area contributed by atoms with E-state index in [1.54, 1.807) is 6.07 Å². The monoisotopic (exact) mass is 321 g/mol. The van der Waals surface area contributed by atoms with Crippen LogP contribution in [-0.2, 0) is 12.8 Å². The summed E-state index contributed by atoms with van der Waals surface area (Å²) in [6.07, 6.45) is 1.74. The molecule has 1 unspecified atom stereocenters. The lowest BCUT2D eigenvalue weighted by Gasteiger charge is -2.16. The molecule has 0 radical (unpaired) electrons. The molecule has 3 heteroatoms. The Kier molecular flexibility index (Phi) is 5.11. The first kappa shape index (κ1) is 14.2. The smallest absolute Gasteiger partial charge is 0.124 e. The van der Waals surface area contributed by atoms with Crippen LogP contribution in [0.4, 0.5) is 4.39 Å². The molecule has 0 heterocycles. The van der Waals surface area contributed by atoms with Gasteiger partial charge in [0.15, 0.2) is 0 Å². The number of halogens is 2. The summed E-state index contributed by atoms with van der Waals surface area (Å²) < 4.78 is 14.1. The first-order chi connectivity index (χ1) is 9.17. The zero-order chi connectivity index (χ0) is 13.7. The fourth-order valence-electron chi connectivity index (χ4n) is 2.19. The van der Waals surface area contributed by atoms with Crippen LogP contribution < -0.4 is 5.32 Å². The maximum Gasteiger partial charge on any atom is 0.124 e. The van der Waals surface area contributed by atoms with Crippen LogP contribution >= 0.6 is 15.9 Å². The first-order valence-corrected chi connectivity index (χ1v) is 7.13. The van der Waals surface area contributed by atoms with Crippen molar-refractivity contribution in [3.05, 3.63) is 69.9 Å². The molecule has 1 nitrogen and oxygen atoms in total. The third kappa shape index (κ3) is 4.44. The number of benzene rings is 2. The quantitative estimate of drug-likeness (QED) is 0.878. The van der Waals surface area contributed by atoms with Crippen LogP contribution in [-0.4, -0.2) is 13.1 Å². The van der Waals surface area contributed by atoms with Crippen molar-refractivity contribution in [1.82, 2.24) is 5.32 Å². The van der Waals surface area contributed by atoms with Gasteiger partial charge in [-0.05, 0) is 49.2 Å². The second-order valence-corrected chi connectivity index (χ2v) is 5.57. The Bertz CT molecular complexity index is 507. The molecule has 0 aliphatic rings. The second-order valence-electron chi connectivity index (χ2n) is 4.66. The van der Waals surface area contributed by atoms with E-state index in [-0.39, 0.29) is 5.82 Å². The normalized spacial score (nSPS) is 12.4. The standard InChI is InChI=1S/C16H17BrFN/c1-19-16(9-12-5-3-2-4-6-12)10-13-7-14(17)11-15(18)8-13/h2-8,11,16,19H,9-10H2,1H3. The summed E-state index contributed by atoms with van der Waals surface area (Å²) in [4.78, 5) is 0. The summed E-state index contributed by atoms with van der Waals surface area (Å²) in [7, 11) is 1.95. The molecule has 2 aromatic carbocycles. The zero-order valence-electron chi connectivity index (χ0n) is 10.9. The molecular weight excluding hydrogens is 305 g/mol. The minimum atomic E-state index is -0.195. The van der Waals surface area contributed by atoms with Crippen LogP contribution in [0, 0.1) is 5.82 Å². The van der Waals surface area contributed by atoms with Crippen molar-refractivity contribution in [1.29, 1.82) is 0 Å². The molecule has 19 heavy (non-hydrogen) atoms. The van der Waals surface area contributed by atoms with Gasteiger partial charge in [0.1, 0.15) is 5.82 Å². The van der Waals surface area contributed by atoms with Gasteiger partial charge in [-0.25, -0.2) is 4.39 Å². The van der Waals surface area contributed by atoms with Crippen LogP contribution in [0.15, 0.2) is 53.0 Å². The Balaban J connectivity index is 2.06. The zero-order valence-corrected chi connectivity index (χ0v) is 12.5. The molecule has 0 fully saturated rings. The Morgan fingerprint density at radius 2 is 1.74 bits per heavy atom. The highest BCUT2D eigenvalue weighted by Gasteiger charge is 2.09. The summed E-state index contributed by atoms with van der Waals surface area (Å²) in [6, 6.07) is 15.7. The number of likely N-dealkylation sites (N-methyl/N-ethyl adjacent to an activating group) is 1. The van der Waals surface area contributed by atoms with E-state index in [9.17, 15) is 4.39 Å². The van der Waals surface area contributed by atoms with Crippen molar-refractivity contribution >= 4 is 15.9 Å². The highest BCUT2D eigenvalue weighted by atomic mass is 79.9. The van der Waals surface area contributed by atoms with Crippen molar-refractivity contribution in [2.24, 2.45) is 0 Å². The van der Waals surface area contributed by atoms with Crippen LogP contribution in [0.1, 0.15) is 11.1 Å². The first-order valence-electron chi connectivity index (χ1n) is 6.33. The molecule has 0 saturated carbocycles. The van der Waals surface area contributed by atoms with Gasteiger partial charge in [-0.1, -0.05) is 46.3 Å². The largest absolute Gasteiger partial charge is 0.316 e. The molecule has 0 saturated heterocycles. The van der Waals surface area contributed by atoms with Gasteiger partial charge in [0.25, 0.3) is 0 Å². The lowest BCUT2D eigenvalue weighted by atomic mass is 9.99. The van der Waals surface area contributed by atoms with Crippen molar-refractivity contribution in [2.75, 3.05) is 7.05 Å². The Morgan fingerprint density at radius 3 is 2.37 bits per heavy atom. The maximum absolute atomic E-state index is 13.4. The lowest BCUT2D eigenvalue weighted by molar-refractivity contribution is 0.552. The fourth-order valence-corrected chi connectivity index (χ4v) is 2.70. The molecule has 2 rings (SSSR count). The van der Waals surface area contributed by atoms with Gasteiger partial charge >= 0.3 is 0 Å². The van der Waals surface area contributed by atoms with E-state index in [0.29, 0.717) is 6.04 Å². The third-order valence-electron chi connectivity index (χ3n) is 3.14. The predicted octanol–water partition coefficient (Wildman–Crippen LogP) is 3.96. The summed E-state index contributed by atoms with van der Waals surface area (Å²) in [5.41, 5.74) is 2.29. The van der Waals surface area contributed by atoms with Crippen molar-refractivity contribution < 1.29 is 4.39 Å². The maximum atomic E-state index is 13.4. The third-order valence-corrected chi connectivity index (χ3v) is 3.60. The summed E-state index contributed by atoms with van der Waals surface area (Å²) >= 11 is 3.33. The SMILES string of the molecule is CNC(Cc1ccccc1)Cc1cc(F)cc(Br)c1. The molecular formula is C16H17BrFN. The van der Waals surface area contributed by atoms with E-state index in [1.165, 1.54) is 11.6 Å². The lowest BCUT2D eigenvalue weighted by Crippen LogP contribution is -2.29. The van der Waals surface area contributed by atoms with Crippen LogP contribution in [0.3, 0.4) is 0 Å². The molecule has 0 aliphatic heterocycles. The van der Waals surface area contributed by atoms with Crippen LogP contribution in [0.2, 0.25) is 0 Å². The molecule has 0 aromatic heterocycles. The van der Waals surface area contributed by atoms with Gasteiger partial charge in [-0.3, -0.25) is 0 Å². The number of rotatable bonds is 5. The van der Waals surface area contributed by atoms with Crippen LogP contribution in [0.25, 0.3) is 0 Å². The molecule has 2 aromatic rings. The van der Waals surface area contributed by atoms with Gasteiger partial charge in [-0.15, -0.1) is 0 Å². The van der Waals surface area contributed by atoms with Gasteiger partial charge < -0.3 is 5.32 Å². The average Bonchev–Trinajstić information content (AvgIpc) is 2.38. The highest BCUT2D eigenvalue weighted by Crippen LogP contribution is 2.17. The molecule has 0 aliphatic carbocycles. The summed E-state index contributed by atoms with van der Waals surface area (Å²) in [5.74, 6) is -0.195. The van der Waals surface area contributed by atoms with E-state index in [2.05, 4.69) is 33.4 Å². The Morgan fingerprint density at radius 1 is 1.05 bits per heavy atom. The van der Waals surface area contributed by atoms with Gasteiger partial charge in [0.05, 0.1) is 0 Å². The molecule has 1 atom stereocenters. The summed E-state index contributed by atoms with van der Waals surface area (Å²) in [6.45, 7) is 0.